The molecule has 0 atom stereocenters. The van der Waals surface area contributed by atoms with Crippen LogP contribution in [0, 0.1) is 0 Å². The van der Waals surface area contributed by atoms with Crippen LogP contribution in [0.25, 0.3) is 0 Å². The topological polar surface area (TPSA) is 67.3 Å². The van der Waals surface area contributed by atoms with Gasteiger partial charge in [-0.2, -0.15) is 0 Å². The molecule has 2 aromatic heterocycles. The summed E-state index contributed by atoms with van der Waals surface area (Å²) >= 11 is 0. The fourth-order valence-corrected chi connectivity index (χ4v) is 4.74. The van der Waals surface area contributed by atoms with Gasteiger partial charge in [-0.3, -0.25) is 0 Å². The average molecular weight is 380 g/mol. The van der Waals surface area contributed by atoms with Crippen molar-refractivity contribution in [1.82, 2.24) is 19.9 Å². The van der Waals surface area contributed by atoms with Gasteiger partial charge in [0.25, 0.3) is 0 Å². The van der Waals surface area contributed by atoms with Crippen molar-refractivity contribution in [2.24, 2.45) is 0 Å². The zero-order chi connectivity index (χ0) is 18.9. The molecule has 3 heterocycles. The van der Waals surface area contributed by atoms with Gasteiger partial charge in [-0.05, 0) is 51.4 Å². The molecular weight excluding hydrogens is 352 g/mol. The van der Waals surface area contributed by atoms with E-state index in [-0.39, 0.29) is 0 Å². The lowest BCUT2D eigenvalue weighted by atomic mass is 9.95. The molecule has 0 aromatic carbocycles. The zero-order valence-corrected chi connectivity index (χ0v) is 16.5. The van der Waals surface area contributed by atoms with Crippen LogP contribution in [-0.2, 0) is 12.8 Å². The van der Waals surface area contributed by atoms with Gasteiger partial charge in [0.05, 0.1) is 7.11 Å². The second kappa shape index (κ2) is 7.53. The molecule has 2 fully saturated rings. The standard InChI is InChI=1S/C21H28N6O/c1-28-20-12-19(23-14-24-20)27(15-6-7-15)16-8-10-26(11-9-16)21-17-4-2-3-5-18(17)22-13-25-21/h12-16H,2-11H2,1H3. The molecule has 5 rings (SSSR count). The maximum Gasteiger partial charge on any atom is 0.218 e. The fraction of sp³-hybridized carbons (Fsp3) is 0.619. The van der Waals surface area contributed by atoms with Gasteiger partial charge in [0.15, 0.2) is 0 Å². The molecule has 28 heavy (non-hydrogen) atoms. The molecular formula is C21H28N6O. The number of aryl methyl sites for hydroxylation is 1. The Morgan fingerprint density at radius 1 is 0.929 bits per heavy atom. The highest BCUT2D eigenvalue weighted by atomic mass is 16.5. The first-order valence-electron chi connectivity index (χ1n) is 10.6. The number of fused-ring (bicyclic) bond motifs is 1. The Hall–Kier alpha value is -2.44. The summed E-state index contributed by atoms with van der Waals surface area (Å²) in [6.45, 7) is 2.08. The van der Waals surface area contributed by atoms with E-state index < -0.39 is 0 Å². The number of hydrogen-bond donors (Lipinski definition) is 0. The van der Waals surface area contributed by atoms with E-state index in [1.54, 1.807) is 19.8 Å². The van der Waals surface area contributed by atoms with E-state index in [4.69, 9.17) is 4.74 Å². The third-order valence-corrected chi connectivity index (χ3v) is 6.30. The fourth-order valence-electron chi connectivity index (χ4n) is 4.74. The van der Waals surface area contributed by atoms with Gasteiger partial charge in [-0.15, -0.1) is 0 Å². The maximum absolute atomic E-state index is 5.32. The van der Waals surface area contributed by atoms with Crippen LogP contribution in [0.3, 0.4) is 0 Å². The van der Waals surface area contributed by atoms with Crippen molar-refractivity contribution in [2.75, 3.05) is 30.0 Å². The molecule has 2 aromatic rings. The van der Waals surface area contributed by atoms with Crippen LogP contribution < -0.4 is 14.5 Å². The molecule has 2 aliphatic carbocycles. The summed E-state index contributed by atoms with van der Waals surface area (Å²) in [5, 5.41) is 0. The predicted molar refractivity (Wildman–Crippen MR) is 108 cm³/mol. The van der Waals surface area contributed by atoms with Crippen LogP contribution in [0.4, 0.5) is 11.6 Å². The Balaban J connectivity index is 1.32. The van der Waals surface area contributed by atoms with E-state index in [1.165, 1.54) is 42.8 Å². The smallest absolute Gasteiger partial charge is 0.218 e. The summed E-state index contributed by atoms with van der Waals surface area (Å²) < 4.78 is 5.32. The van der Waals surface area contributed by atoms with Crippen LogP contribution in [0.1, 0.15) is 49.8 Å². The Labute approximate surface area is 166 Å². The molecule has 1 saturated heterocycles. The molecule has 0 amide bonds. The molecule has 0 unspecified atom stereocenters. The number of methoxy groups -OCH3 is 1. The summed E-state index contributed by atoms with van der Waals surface area (Å²) in [6.07, 6.45) is 12.9. The first-order valence-corrected chi connectivity index (χ1v) is 10.6. The van der Waals surface area contributed by atoms with Crippen molar-refractivity contribution in [3.05, 3.63) is 30.0 Å². The van der Waals surface area contributed by atoms with Crippen molar-refractivity contribution < 1.29 is 4.74 Å². The van der Waals surface area contributed by atoms with Crippen molar-refractivity contribution in [3.63, 3.8) is 0 Å². The summed E-state index contributed by atoms with van der Waals surface area (Å²) in [7, 11) is 1.66. The number of anilines is 2. The average Bonchev–Trinajstić information content (AvgIpc) is 3.59. The normalized spacial score (nSPS) is 20.0. The highest BCUT2D eigenvalue weighted by Gasteiger charge is 2.37. The minimum atomic E-state index is 0.515. The second-order valence-corrected chi connectivity index (χ2v) is 8.10. The molecule has 0 bridgehead atoms. The van der Waals surface area contributed by atoms with E-state index in [0.29, 0.717) is 18.0 Å². The molecule has 1 saturated carbocycles. The zero-order valence-electron chi connectivity index (χ0n) is 16.5. The third kappa shape index (κ3) is 3.38. The third-order valence-electron chi connectivity index (χ3n) is 6.30. The number of nitrogens with zero attached hydrogens (tertiary/aromatic N) is 6. The van der Waals surface area contributed by atoms with Gasteiger partial charge in [0, 0.05) is 42.5 Å². The largest absolute Gasteiger partial charge is 0.481 e. The van der Waals surface area contributed by atoms with E-state index >= 15 is 0 Å². The van der Waals surface area contributed by atoms with E-state index in [2.05, 4.69) is 29.7 Å². The predicted octanol–water partition coefficient (Wildman–Crippen LogP) is 2.79. The number of hydrogen-bond acceptors (Lipinski definition) is 7. The minimum absolute atomic E-state index is 0.515. The van der Waals surface area contributed by atoms with Crippen molar-refractivity contribution in [3.8, 4) is 5.88 Å². The monoisotopic (exact) mass is 380 g/mol. The Morgan fingerprint density at radius 2 is 1.68 bits per heavy atom. The van der Waals surface area contributed by atoms with Crippen LogP contribution in [0.5, 0.6) is 5.88 Å². The molecule has 7 heteroatoms. The lowest BCUT2D eigenvalue weighted by Gasteiger charge is -2.40. The summed E-state index contributed by atoms with van der Waals surface area (Å²) in [6, 6.07) is 3.11. The Morgan fingerprint density at radius 3 is 2.46 bits per heavy atom. The van der Waals surface area contributed by atoms with E-state index in [9.17, 15) is 0 Å². The number of rotatable bonds is 5. The van der Waals surface area contributed by atoms with Crippen LogP contribution in [0.2, 0.25) is 0 Å². The highest BCUT2D eigenvalue weighted by molar-refractivity contribution is 5.51. The molecule has 3 aliphatic rings. The number of aromatic nitrogens is 4. The van der Waals surface area contributed by atoms with E-state index in [1.807, 2.05) is 6.07 Å². The summed E-state index contributed by atoms with van der Waals surface area (Å²) in [4.78, 5) is 23.0. The van der Waals surface area contributed by atoms with Gasteiger partial charge in [-0.1, -0.05) is 0 Å². The number of ether oxygens (including phenoxy) is 1. The lowest BCUT2D eigenvalue weighted by molar-refractivity contribution is 0.395. The Kier molecular flexibility index (Phi) is 4.74. The lowest BCUT2D eigenvalue weighted by Crippen LogP contribution is -2.47. The first kappa shape index (κ1) is 17.6. The van der Waals surface area contributed by atoms with Crippen molar-refractivity contribution in [2.45, 2.75) is 63.5 Å². The quantitative estimate of drug-likeness (QED) is 0.790. The highest BCUT2D eigenvalue weighted by Crippen LogP contribution is 2.37. The van der Waals surface area contributed by atoms with Crippen LogP contribution in [-0.4, -0.2) is 52.2 Å². The first-order chi connectivity index (χ1) is 13.8. The minimum Gasteiger partial charge on any atom is -0.481 e. The Bertz CT molecular complexity index is 831. The van der Waals surface area contributed by atoms with Crippen molar-refractivity contribution >= 4 is 11.6 Å². The summed E-state index contributed by atoms with van der Waals surface area (Å²) in [5.74, 6) is 2.83. The van der Waals surface area contributed by atoms with Gasteiger partial charge < -0.3 is 14.5 Å². The van der Waals surface area contributed by atoms with Gasteiger partial charge in [-0.25, -0.2) is 19.9 Å². The SMILES string of the molecule is COc1cc(N(C2CC2)C2CCN(c3ncnc4c3CCCC4)CC2)ncn1. The van der Waals surface area contributed by atoms with Crippen LogP contribution in [0.15, 0.2) is 18.7 Å². The second-order valence-electron chi connectivity index (χ2n) is 8.10. The van der Waals surface area contributed by atoms with Crippen LogP contribution >= 0.6 is 0 Å². The van der Waals surface area contributed by atoms with E-state index in [0.717, 1.165) is 44.6 Å². The molecule has 0 spiro atoms. The molecule has 0 N–H and O–H groups in total. The van der Waals surface area contributed by atoms with Gasteiger partial charge in [0.1, 0.15) is 24.3 Å². The summed E-state index contributed by atoms with van der Waals surface area (Å²) in [5.41, 5.74) is 2.66. The van der Waals surface area contributed by atoms with Gasteiger partial charge >= 0.3 is 0 Å². The molecule has 1 aliphatic heterocycles. The molecule has 7 nitrogen and oxygen atoms in total. The molecule has 148 valence electrons. The number of piperidine rings is 1. The molecule has 0 radical (unpaired) electrons. The maximum atomic E-state index is 5.32. The van der Waals surface area contributed by atoms with Gasteiger partial charge in [0.2, 0.25) is 5.88 Å². The van der Waals surface area contributed by atoms with Crippen molar-refractivity contribution in [1.29, 1.82) is 0 Å².